The van der Waals surface area contributed by atoms with E-state index in [-0.39, 0.29) is 11.8 Å². The predicted octanol–water partition coefficient (Wildman–Crippen LogP) is 6.11. The van der Waals surface area contributed by atoms with E-state index in [2.05, 4.69) is 10.3 Å². The van der Waals surface area contributed by atoms with Crippen molar-refractivity contribution >= 4 is 34.1 Å². The summed E-state index contributed by atoms with van der Waals surface area (Å²) in [5, 5.41) is 3.02. The quantitative estimate of drug-likeness (QED) is 0.495. The number of fused-ring (bicyclic) bond motifs is 1. The fourth-order valence-corrected chi connectivity index (χ4v) is 2.63. The highest BCUT2D eigenvalue weighted by molar-refractivity contribution is 6.31. The first kappa shape index (κ1) is 19.1. The zero-order valence-corrected chi connectivity index (χ0v) is 13.9. The number of alkyl halides is 6. The SMILES string of the molecule is O=C(Nc1cc(C(F)(F)F)cc(C(F)(F)F)c1)c1cc2cc(Cl)ccc2[nH]1. The van der Waals surface area contributed by atoms with Crippen molar-refractivity contribution in [2.45, 2.75) is 12.4 Å². The Morgan fingerprint density at radius 3 is 2.04 bits per heavy atom. The Morgan fingerprint density at radius 1 is 0.889 bits per heavy atom. The normalized spacial score (nSPS) is 12.4. The second kappa shape index (κ2) is 6.49. The van der Waals surface area contributed by atoms with E-state index in [9.17, 15) is 31.1 Å². The number of anilines is 1. The summed E-state index contributed by atoms with van der Waals surface area (Å²) in [7, 11) is 0. The lowest BCUT2D eigenvalue weighted by Gasteiger charge is -2.14. The number of hydrogen-bond donors (Lipinski definition) is 2. The Balaban J connectivity index is 1.96. The van der Waals surface area contributed by atoms with Crippen molar-refractivity contribution in [3.05, 3.63) is 64.3 Å². The van der Waals surface area contributed by atoms with Gasteiger partial charge in [-0.1, -0.05) is 11.6 Å². The summed E-state index contributed by atoms with van der Waals surface area (Å²) in [5.41, 5.74) is -3.17. The van der Waals surface area contributed by atoms with Crippen LogP contribution in [0.5, 0.6) is 0 Å². The van der Waals surface area contributed by atoms with Gasteiger partial charge in [-0.15, -0.1) is 0 Å². The highest BCUT2D eigenvalue weighted by Crippen LogP contribution is 2.37. The van der Waals surface area contributed by atoms with Gasteiger partial charge < -0.3 is 10.3 Å². The van der Waals surface area contributed by atoms with Gasteiger partial charge in [0.15, 0.2) is 0 Å². The van der Waals surface area contributed by atoms with Crippen LogP contribution in [0.3, 0.4) is 0 Å². The molecule has 0 aliphatic heterocycles. The third-order valence-electron chi connectivity index (χ3n) is 3.67. The van der Waals surface area contributed by atoms with Crippen LogP contribution in [0.4, 0.5) is 32.0 Å². The summed E-state index contributed by atoms with van der Waals surface area (Å²) in [6.45, 7) is 0. The molecule has 142 valence electrons. The summed E-state index contributed by atoms with van der Waals surface area (Å²) in [6.07, 6.45) is -10.0. The number of rotatable bonds is 2. The highest BCUT2D eigenvalue weighted by Gasteiger charge is 2.37. The molecule has 0 saturated heterocycles. The molecule has 0 aliphatic carbocycles. The van der Waals surface area contributed by atoms with Crippen LogP contribution in [0.25, 0.3) is 10.9 Å². The van der Waals surface area contributed by atoms with Crippen molar-refractivity contribution < 1.29 is 31.1 Å². The first-order chi connectivity index (χ1) is 12.4. The van der Waals surface area contributed by atoms with Crippen LogP contribution in [0.1, 0.15) is 21.6 Å². The second-order valence-corrected chi connectivity index (χ2v) is 6.10. The summed E-state index contributed by atoms with van der Waals surface area (Å²) in [4.78, 5) is 15.0. The fourth-order valence-electron chi connectivity index (χ4n) is 2.45. The summed E-state index contributed by atoms with van der Waals surface area (Å²) in [5.74, 6) is -0.894. The molecule has 1 aromatic heterocycles. The molecule has 2 N–H and O–H groups in total. The molecule has 0 fully saturated rings. The van der Waals surface area contributed by atoms with Gasteiger partial charge in [0.1, 0.15) is 5.69 Å². The van der Waals surface area contributed by atoms with Gasteiger partial charge in [0.25, 0.3) is 5.91 Å². The summed E-state index contributed by atoms with van der Waals surface area (Å²) < 4.78 is 77.3. The molecule has 2 aromatic carbocycles. The Bertz CT molecular complexity index is 990. The average molecular weight is 407 g/mol. The zero-order chi connectivity index (χ0) is 20.0. The minimum absolute atomic E-state index is 0.0133. The maximum absolute atomic E-state index is 12.9. The van der Waals surface area contributed by atoms with E-state index >= 15 is 0 Å². The van der Waals surface area contributed by atoms with Gasteiger partial charge in [-0.05, 0) is 42.5 Å². The molecule has 1 amide bonds. The van der Waals surface area contributed by atoms with E-state index in [1.54, 1.807) is 18.2 Å². The van der Waals surface area contributed by atoms with Gasteiger partial charge in [-0.25, -0.2) is 0 Å². The minimum Gasteiger partial charge on any atom is -0.351 e. The van der Waals surface area contributed by atoms with Gasteiger partial charge in [-0.3, -0.25) is 4.79 Å². The van der Waals surface area contributed by atoms with Crippen molar-refractivity contribution in [3.63, 3.8) is 0 Å². The second-order valence-electron chi connectivity index (χ2n) is 5.66. The standard InChI is InChI=1S/C17H9ClF6N2O/c18-11-1-2-13-8(3-11)4-14(26-13)15(27)25-12-6-9(16(19,20)21)5-10(7-12)17(22,23)24/h1-7,26H,(H,25,27). The van der Waals surface area contributed by atoms with Crippen LogP contribution >= 0.6 is 11.6 Å². The maximum atomic E-state index is 12.9. The van der Waals surface area contributed by atoms with Crippen LogP contribution in [0.2, 0.25) is 5.02 Å². The van der Waals surface area contributed by atoms with Gasteiger partial charge in [0, 0.05) is 21.6 Å². The number of carbonyl (C=O) groups excluding carboxylic acids is 1. The number of benzene rings is 2. The van der Waals surface area contributed by atoms with Crippen molar-refractivity contribution in [1.29, 1.82) is 0 Å². The monoisotopic (exact) mass is 406 g/mol. The van der Waals surface area contributed by atoms with Crippen LogP contribution < -0.4 is 5.32 Å². The van der Waals surface area contributed by atoms with E-state index in [1.165, 1.54) is 6.07 Å². The van der Waals surface area contributed by atoms with Crippen LogP contribution in [-0.4, -0.2) is 10.9 Å². The molecule has 0 unspecified atom stereocenters. The van der Waals surface area contributed by atoms with E-state index in [4.69, 9.17) is 11.6 Å². The van der Waals surface area contributed by atoms with Crippen molar-refractivity contribution in [1.82, 2.24) is 4.98 Å². The van der Waals surface area contributed by atoms with Gasteiger partial charge >= 0.3 is 12.4 Å². The predicted molar refractivity (Wildman–Crippen MR) is 87.7 cm³/mol. The summed E-state index contributed by atoms with van der Waals surface area (Å²) >= 11 is 5.83. The third-order valence-corrected chi connectivity index (χ3v) is 3.91. The smallest absolute Gasteiger partial charge is 0.351 e. The van der Waals surface area contributed by atoms with E-state index < -0.39 is 35.1 Å². The van der Waals surface area contributed by atoms with Crippen molar-refractivity contribution in [2.24, 2.45) is 0 Å². The maximum Gasteiger partial charge on any atom is 0.416 e. The lowest BCUT2D eigenvalue weighted by molar-refractivity contribution is -0.143. The molecule has 0 spiro atoms. The van der Waals surface area contributed by atoms with Crippen LogP contribution in [-0.2, 0) is 12.4 Å². The lowest BCUT2D eigenvalue weighted by Crippen LogP contribution is -2.16. The number of aromatic nitrogens is 1. The Hall–Kier alpha value is -2.68. The number of aromatic amines is 1. The number of hydrogen-bond acceptors (Lipinski definition) is 1. The summed E-state index contributed by atoms with van der Waals surface area (Å²) in [6, 6.07) is 6.94. The number of nitrogens with one attached hydrogen (secondary N) is 2. The first-order valence-electron chi connectivity index (χ1n) is 7.32. The molecule has 3 nitrogen and oxygen atoms in total. The highest BCUT2D eigenvalue weighted by atomic mass is 35.5. The van der Waals surface area contributed by atoms with Crippen LogP contribution in [0, 0.1) is 0 Å². The fraction of sp³-hybridized carbons (Fsp3) is 0.118. The molecule has 0 saturated carbocycles. The van der Waals surface area contributed by atoms with Gasteiger partial charge in [0.2, 0.25) is 0 Å². The molecule has 3 aromatic rings. The molecule has 3 rings (SSSR count). The minimum atomic E-state index is -5.00. The molecule has 1 heterocycles. The average Bonchev–Trinajstić information content (AvgIpc) is 2.96. The van der Waals surface area contributed by atoms with Gasteiger partial charge in [-0.2, -0.15) is 26.3 Å². The van der Waals surface area contributed by atoms with Crippen LogP contribution in [0.15, 0.2) is 42.5 Å². The molecular formula is C17H9ClF6N2O. The number of halogens is 7. The molecular weight excluding hydrogens is 398 g/mol. The first-order valence-corrected chi connectivity index (χ1v) is 7.70. The molecule has 10 heteroatoms. The largest absolute Gasteiger partial charge is 0.416 e. The van der Waals surface area contributed by atoms with E-state index in [0.29, 0.717) is 28.1 Å². The van der Waals surface area contributed by atoms with Crippen molar-refractivity contribution in [3.8, 4) is 0 Å². The topological polar surface area (TPSA) is 44.9 Å². The third kappa shape index (κ3) is 4.19. The molecule has 0 bridgehead atoms. The number of carbonyl (C=O) groups is 1. The Kier molecular flexibility index (Phi) is 4.59. The number of amides is 1. The Morgan fingerprint density at radius 2 is 1.48 bits per heavy atom. The lowest BCUT2D eigenvalue weighted by atomic mass is 10.1. The van der Waals surface area contributed by atoms with E-state index in [0.717, 1.165) is 0 Å². The Labute approximate surface area is 152 Å². The molecule has 0 radical (unpaired) electrons. The van der Waals surface area contributed by atoms with Crippen molar-refractivity contribution in [2.75, 3.05) is 5.32 Å². The molecule has 27 heavy (non-hydrogen) atoms. The molecule has 0 aliphatic rings. The zero-order valence-electron chi connectivity index (χ0n) is 13.1. The van der Waals surface area contributed by atoms with Gasteiger partial charge in [0.05, 0.1) is 11.1 Å². The number of H-pyrrole nitrogens is 1. The molecule has 0 atom stereocenters. The van der Waals surface area contributed by atoms with E-state index in [1.807, 2.05) is 0 Å².